The summed E-state index contributed by atoms with van der Waals surface area (Å²) in [6, 6.07) is 23.5. The van der Waals surface area contributed by atoms with Crippen molar-refractivity contribution in [2.24, 2.45) is 11.0 Å². The third-order valence-corrected chi connectivity index (χ3v) is 7.62. The second kappa shape index (κ2) is 9.57. The summed E-state index contributed by atoms with van der Waals surface area (Å²) in [6.45, 7) is 0. The van der Waals surface area contributed by atoms with Crippen LogP contribution in [0.25, 0.3) is 6.08 Å². The zero-order valence-corrected chi connectivity index (χ0v) is 21.6. The Bertz CT molecular complexity index is 1250. The minimum atomic E-state index is -0.168. The number of hydrogen-bond acceptors (Lipinski definition) is 2. The predicted molar refractivity (Wildman–Crippen MR) is 141 cm³/mol. The summed E-state index contributed by atoms with van der Waals surface area (Å²) in [5.74, 6) is -0.0218. The lowest BCUT2D eigenvalue weighted by atomic mass is 9.77. The quantitative estimate of drug-likeness (QED) is 0.305. The van der Waals surface area contributed by atoms with Gasteiger partial charge in [-0.1, -0.05) is 79.9 Å². The molecule has 0 aromatic heterocycles. The number of benzene rings is 3. The molecule has 1 aliphatic carbocycles. The Hall–Kier alpha value is -2.21. The molecule has 0 unspecified atom stereocenters. The molecule has 3 nitrogen and oxygen atoms in total. The number of rotatable bonds is 3. The largest absolute Gasteiger partial charge is 0.276 e. The highest BCUT2D eigenvalue weighted by molar-refractivity contribution is 9.10. The lowest BCUT2D eigenvalue weighted by Crippen LogP contribution is -2.32. The van der Waals surface area contributed by atoms with Gasteiger partial charge in [0.15, 0.2) is 0 Å². The molecule has 2 atom stereocenters. The van der Waals surface area contributed by atoms with Crippen LogP contribution in [0.3, 0.4) is 0 Å². The molecule has 2 aliphatic rings. The molecule has 1 amide bonds. The molecule has 166 valence electrons. The Balaban J connectivity index is 1.59. The van der Waals surface area contributed by atoms with Crippen LogP contribution in [0.5, 0.6) is 0 Å². The van der Waals surface area contributed by atoms with E-state index in [1.54, 1.807) is 17.1 Å². The highest BCUT2D eigenvalue weighted by Crippen LogP contribution is 2.45. The number of amides is 1. The van der Waals surface area contributed by atoms with Crippen LogP contribution in [-0.2, 0) is 0 Å². The number of carbonyl (C=O) groups is 1. The van der Waals surface area contributed by atoms with Crippen molar-refractivity contribution in [1.29, 1.82) is 0 Å². The number of hydrogen-bond donors (Lipinski definition) is 0. The van der Waals surface area contributed by atoms with Crippen molar-refractivity contribution in [2.45, 2.75) is 25.3 Å². The van der Waals surface area contributed by atoms with Gasteiger partial charge in [0, 0.05) is 14.9 Å². The highest BCUT2D eigenvalue weighted by Gasteiger charge is 2.44. The highest BCUT2D eigenvalue weighted by atomic mass is 79.9. The number of halogens is 3. The van der Waals surface area contributed by atoms with Gasteiger partial charge >= 0.3 is 0 Å². The smallest absolute Gasteiger partial charge is 0.267 e. The normalized spacial score (nSPS) is 21.1. The summed E-state index contributed by atoms with van der Waals surface area (Å²) >= 11 is 13.4. The molecule has 33 heavy (non-hydrogen) atoms. The molecule has 1 heterocycles. The van der Waals surface area contributed by atoms with Crippen molar-refractivity contribution in [3.63, 3.8) is 0 Å². The maximum Gasteiger partial charge on any atom is 0.276 e. The first-order chi connectivity index (χ1) is 16.0. The van der Waals surface area contributed by atoms with Gasteiger partial charge in [-0.25, -0.2) is 5.01 Å². The molecule has 0 saturated heterocycles. The summed E-state index contributed by atoms with van der Waals surface area (Å²) in [4.78, 5) is 13.7. The van der Waals surface area contributed by atoms with E-state index < -0.39 is 0 Å². The fourth-order valence-corrected chi connectivity index (χ4v) is 5.42. The van der Waals surface area contributed by atoms with Gasteiger partial charge in [-0.2, -0.15) is 5.10 Å². The molecule has 1 aliphatic heterocycles. The third-order valence-electron chi connectivity index (χ3n) is 6.24. The zero-order valence-electron chi connectivity index (χ0n) is 17.7. The van der Waals surface area contributed by atoms with Gasteiger partial charge in [0.1, 0.15) is 0 Å². The first-order valence-corrected chi connectivity index (χ1v) is 12.9. The lowest BCUT2D eigenvalue weighted by Gasteiger charge is -2.30. The Kier molecular flexibility index (Phi) is 6.55. The second-order valence-corrected chi connectivity index (χ2v) is 10.6. The third kappa shape index (κ3) is 4.59. The van der Waals surface area contributed by atoms with E-state index in [4.69, 9.17) is 16.7 Å². The molecular weight excluding hydrogens is 564 g/mol. The van der Waals surface area contributed by atoms with Crippen molar-refractivity contribution < 1.29 is 4.79 Å². The maximum absolute atomic E-state index is 13.7. The van der Waals surface area contributed by atoms with Crippen LogP contribution in [0.1, 0.15) is 46.8 Å². The van der Waals surface area contributed by atoms with Gasteiger partial charge in [-0.15, -0.1) is 0 Å². The number of allylic oxidation sites excluding steroid dienone is 1. The van der Waals surface area contributed by atoms with Crippen molar-refractivity contribution in [3.05, 3.63) is 109 Å². The Morgan fingerprint density at radius 1 is 0.970 bits per heavy atom. The van der Waals surface area contributed by atoms with E-state index >= 15 is 0 Å². The van der Waals surface area contributed by atoms with E-state index in [1.165, 1.54) is 5.57 Å². The average molecular weight is 585 g/mol. The zero-order chi connectivity index (χ0) is 22.9. The molecule has 0 N–H and O–H groups in total. The van der Waals surface area contributed by atoms with Crippen LogP contribution in [0.2, 0.25) is 5.02 Å². The van der Waals surface area contributed by atoms with Crippen molar-refractivity contribution in [1.82, 2.24) is 5.01 Å². The van der Waals surface area contributed by atoms with Crippen LogP contribution in [0.15, 0.2) is 92.4 Å². The van der Waals surface area contributed by atoms with E-state index in [-0.39, 0.29) is 17.9 Å². The van der Waals surface area contributed by atoms with Gasteiger partial charge in [-0.05, 0) is 78.4 Å². The first-order valence-electron chi connectivity index (χ1n) is 10.9. The van der Waals surface area contributed by atoms with Crippen LogP contribution in [0, 0.1) is 5.92 Å². The summed E-state index contributed by atoms with van der Waals surface area (Å²) in [5.41, 5.74) is 4.89. The number of carbonyl (C=O) groups excluding carboxylic acids is 1. The molecule has 0 spiro atoms. The SMILES string of the molecule is O=C(c1ccccc1Cl)N1N=C2/C(=C\c3ccc(Br)cc3)CCC[C@@H]2[C@@H]1c1ccc(Br)cc1. The summed E-state index contributed by atoms with van der Waals surface area (Å²) in [6.07, 6.45) is 5.21. The fraction of sp³-hybridized carbons (Fsp3) is 0.185. The van der Waals surface area contributed by atoms with Gasteiger partial charge in [0.05, 0.1) is 22.3 Å². The van der Waals surface area contributed by atoms with Crippen molar-refractivity contribution >= 4 is 61.2 Å². The van der Waals surface area contributed by atoms with E-state index in [1.807, 2.05) is 36.4 Å². The standard InChI is InChI=1S/C27H21Br2ClN2O/c28-20-12-8-17(9-13-20)16-19-4-3-6-23-25(19)31-32(26(23)18-10-14-21(29)15-11-18)27(33)22-5-1-2-7-24(22)30/h1-2,5,7-16,23,26H,3-4,6H2/b19-16-/t23-,26-/m0/s1. The molecular formula is C27H21Br2ClN2O. The minimum Gasteiger partial charge on any atom is -0.267 e. The van der Waals surface area contributed by atoms with Crippen molar-refractivity contribution in [3.8, 4) is 0 Å². The molecule has 0 radical (unpaired) electrons. The van der Waals surface area contributed by atoms with E-state index in [2.05, 4.69) is 62.2 Å². The second-order valence-electron chi connectivity index (χ2n) is 8.33. The fourth-order valence-electron chi connectivity index (χ4n) is 4.68. The number of fused-ring (bicyclic) bond motifs is 1. The topological polar surface area (TPSA) is 32.7 Å². The van der Waals surface area contributed by atoms with Crippen LogP contribution < -0.4 is 0 Å². The Labute approximate surface area is 215 Å². The van der Waals surface area contributed by atoms with Gasteiger partial charge in [0.25, 0.3) is 5.91 Å². The lowest BCUT2D eigenvalue weighted by molar-refractivity contribution is 0.0681. The number of nitrogens with zero attached hydrogens (tertiary/aromatic N) is 2. The van der Waals surface area contributed by atoms with Crippen LogP contribution in [0.4, 0.5) is 0 Å². The summed E-state index contributed by atoms with van der Waals surface area (Å²) < 4.78 is 2.06. The molecule has 3 aromatic carbocycles. The van der Waals surface area contributed by atoms with Crippen LogP contribution >= 0.6 is 43.5 Å². The Morgan fingerprint density at radius 2 is 1.64 bits per heavy atom. The average Bonchev–Trinajstić information content (AvgIpc) is 3.22. The van der Waals surface area contributed by atoms with Crippen molar-refractivity contribution in [2.75, 3.05) is 0 Å². The molecule has 1 fully saturated rings. The summed E-state index contributed by atoms with van der Waals surface area (Å²) in [7, 11) is 0. The number of hydrazone groups is 1. The minimum absolute atomic E-state index is 0.146. The van der Waals surface area contributed by atoms with Gasteiger partial charge < -0.3 is 0 Å². The predicted octanol–water partition coefficient (Wildman–Crippen LogP) is 8.30. The van der Waals surface area contributed by atoms with E-state index in [9.17, 15) is 4.79 Å². The monoisotopic (exact) mass is 582 g/mol. The molecule has 1 saturated carbocycles. The Morgan fingerprint density at radius 3 is 2.33 bits per heavy atom. The molecule has 0 bridgehead atoms. The molecule has 5 rings (SSSR count). The van der Waals surface area contributed by atoms with Crippen LogP contribution in [-0.4, -0.2) is 16.6 Å². The first kappa shape index (κ1) is 22.6. The summed E-state index contributed by atoms with van der Waals surface area (Å²) in [5, 5.41) is 7.06. The molecule has 3 aromatic rings. The van der Waals surface area contributed by atoms with E-state index in [0.717, 1.165) is 45.0 Å². The van der Waals surface area contributed by atoms with Gasteiger partial charge in [0.2, 0.25) is 0 Å². The molecule has 6 heteroatoms. The van der Waals surface area contributed by atoms with E-state index in [0.29, 0.717) is 10.6 Å². The van der Waals surface area contributed by atoms with Gasteiger partial charge in [-0.3, -0.25) is 4.79 Å². The maximum atomic E-state index is 13.7.